The van der Waals surface area contributed by atoms with Gasteiger partial charge in [-0.1, -0.05) is 12.8 Å². The molecule has 0 aromatic carbocycles. The molecule has 0 aromatic rings. The molecule has 0 radical (unpaired) electrons. The Labute approximate surface area is 116 Å². The van der Waals surface area contributed by atoms with Gasteiger partial charge >= 0.3 is 6.18 Å². The number of halogens is 3. The topological polar surface area (TPSA) is 54.5 Å². The van der Waals surface area contributed by atoms with Gasteiger partial charge in [-0.3, -0.25) is 4.79 Å². The highest BCUT2D eigenvalue weighted by Gasteiger charge is 2.45. The van der Waals surface area contributed by atoms with Gasteiger partial charge in [0, 0.05) is 13.1 Å². The second-order valence-corrected chi connectivity index (χ2v) is 7.86. The minimum atomic E-state index is -4.32. The lowest BCUT2D eigenvalue weighted by Gasteiger charge is -2.19. The van der Waals surface area contributed by atoms with Crippen molar-refractivity contribution in [3.63, 3.8) is 0 Å². The maximum atomic E-state index is 12.5. The normalized spacial score (nSPS) is 25.4. The number of hydrogen-bond acceptors (Lipinski definition) is 3. The van der Waals surface area contributed by atoms with Gasteiger partial charge in [0.1, 0.15) is 5.75 Å². The largest absolute Gasteiger partial charge is 0.393 e. The minimum absolute atomic E-state index is 0.0107. The number of rotatable bonds is 3. The van der Waals surface area contributed by atoms with Crippen LogP contribution in [0.2, 0.25) is 0 Å². The first-order chi connectivity index (χ1) is 9.20. The molecule has 2 rings (SSSR count). The lowest BCUT2D eigenvalue weighted by atomic mass is 10.1. The van der Waals surface area contributed by atoms with Gasteiger partial charge in [-0.15, -0.1) is 0 Å². The van der Waals surface area contributed by atoms with E-state index in [0.29, 0.717) is 12.8 Å². The molecule has 8 heteroatoms. The Hall–Kier alpha value is -0.790. The second-order valence-electron chi connectivity index (χ2n) is 5.58. The monoisotopic (exact) mass is 313 g/mol. The molecule has 0 bridgehead atoms. The number of carbonyl (C=O) groups is 1. The number of sulfone groups is 1. The van der Waals surface area contributed by atoms with E-state index in [4.69, 9.17) is 0 Å². The average molecular weight is 313 g/mol. The molecule has 1 heterocycles. The van der Waals surface area contributed by atoms with Gasteiger partial charge in [-0.05, 0) is 19.3 Å². The SMILES string of the molecule is O=C(CS(=O)(=O)C1CCCC1)N1CC[C@H](C(F)(F)F)C1. The number of amides is 1. The summed E-state index contributed by atoms with van der Waals surface area (Å²) in [6, 6.07) is 0. The molecule has 116 valence electrons. The summed E-state index contributed by atoms with van der Waals surface area (Å²) in [5.41, 5.74) is 0. The van der Waals surface area contributed by atoms with Crippen molar-refractivity contribution in [2.75, 3.05) is 18.8 Å². The molecule has 0 unspecified atom stereocenters. The quantitative estimate of drug-likeness (QED) is 0.798. The highest BCUT2D eigenvalue weighted by molar-refractivity contribution is 7.92. The van der Waals surface area contributed by atoms with Crippen molar-refractivity contribution in [2.24, 2.45) is 5.92 Å². The van der Waals surface area contributed by atoms with Crippen LogP contribution in [0.5, 0.6) is 0 Å². The average Bonchev–Trinajstić information content (AvgIpc) is 3.00. The molecule has 2 fully saturated rings. The Morgan fingerprint density at radius 2 is 1.75 bits per heavy atom. The lowest BCUT2D eigenvalue weighted by Crippen LogP contribution is -2.37. The summed E-state index contributed by atoms with van der Waals surface area (Å²) < 4.78 is 61.6. The van der Waals surface area contributed by atoms with Crippen LogP contribution in [0.1, 0.15) is 32.1 Å². The first kappa shape index (κ1) is 15.6. The van der Waals surface area contributed by atoms with Crippen LogP contribution >= 0.6 is 0 Å². The predicted octanol–water partition coefficient (Wildman–Crippen LogP) is 1.75. The van der Waals surface area contributed by atoms with Crippen LogP contribution in [-0.2, 0) is 14.6 Å². The van der Waals surface area contributed by atoms with E-state index in [-0.39, 0.29) is 13.0 Å². The fraction of sp³-hybridized carbons (Fsp3) is 0.917. The van der Waals surface area contributed by atoms with Gasteiger partial charge in [0.25, 0.3) is 0 Å². The van der Waals surface area contributed by atoms with Crippen LogP contribution in [0.4, 0.5) is 13.2 Å². The highest BCUT2D eigenvalue weighted by atomic mass is 32.2. The number of likely N-dealkylation sites (tertiary alicyclic amines) is 1. The maximum absolute atomic E-state index is 12.5. The second kappa shape index (κ2) is 5.54. The van der Waals surface area contributed by atoms with Gasteiger partial charge in [0.2, 0.25) is 5.91 Å². The predicted molar refractivity (Wildman–Crippen MR) is 66.8 cm³/mol. The van der Waals surface area contributed by atoms with Crippen LogP contribution in [0.3, 0.4) is 0 Å². The van der Waals surface area contributed by atoms with E-state index in [2.05, 4.69) is 0 Å². The summed E-state index contributed by atoms with van der Waals surface area (Å²) in [7, 11) is -3.52. The molecule has 20 heavy (non-hydrogen) atoms. The van der Waals surface area contributed by atoms with Gasteiger partial charge in [0.15, 0.2) is 9.84 Å². The first-order valence-corrected chi connectivity index (χ1v) is 8.48. The molecule has 1 saturated heterocycles. The molecule has 0 spiro atoms. The van der Waals surface area contributed by atoms with Crippen LogP contribution in [0.15, 0.2) is 0 Å². The Kier molecular flexibility index (Phi) is 4.32. The van der Waals surface area contributed by atoms with E-state index >= 15 is 0 Å². The number of alkyl halides is 3. The Morgan fingerprint density at radius 1 is 1.15 bits per heavy atom. The van der Waals surface area contributed by atoms with E-state index in [9.17, 15) is 26.4 Å². The van der Waals surface area contributed by atoms with Crippen molar-refractivity contribution in [3.8, 4) is 0 Å². The van der Waals surface area contributed by atoms with E-state index in [1.807, 2.05) is 0 Å². The zero-order chi connectivity index (χ0) is 15.0. The van der Waals surface area contributed by atoms with Crippen molar-refractivity contribution in [1.29, 1.82) is 0 Å². The van der Waals surface area contributed by atoms with E-state index in [1.165, 1.54) is 0 Å². The molecular formula is C12H18F3NO3S. The highest BCUT2D eigenvalue weighted by Crippen LogP contribution is 2.33. The van der Waals surface area contributed by atoms with E-state index in [0.717, 1.165) is 17.7 Å². The molecule has 0 N–H and O–H groups in total. The smallest absolute Gasteiger partial charge is 0.341 e. The zero-order valence-electron chi connectivity index (χ0n) is 11.0. The molecule has 0 aromatic heterocycles. The molecule has 4 nitrogen and oxygen atoms in total. The molecule has 1 aliphatic heterocycles. The third-order valence-corrected chi connectivity index (χ3v) is 6.28. The molecule has 2 aliphatic rings. The molecule has 1 amide bonds. The van der Waals surface area contributed by atoms with Crippen molar-refractivity contribution >= 4 is 15.7 Å². The van der Waals surface area contributed by atoms with E-state index in [1.54, 1.807) is 0 Å². The van der Waals surface area contributed by atoms with Crippen LogP contribution < -0.4 is 0 Å². The van der Waals surface area contributed by atoms with Crippen molar-refractivity contribution in [3.05, 3.63) is 0 Å². The van der Waals surface area contributed by atoms with E-state index < -0.39 is 45.4 Å². The Balaban J connectivity index is 1.93. The minimum Gasteiger partial charge on any atom is -0.341 e. The summed E-state index contributed by atoms with van der Waals surface area (Å²) in [5.74, 6) is -2.87. The number of hydrogen-bond donors (Lipinski definition) is 0. The molecule has 1 atom stereocenters. The van der Waals surface area contributed by atoms with Gasteiger partial charge in [-0.25, -0.2) is 8.42 Å². The summed E-state index contributed by atoms with van der Waals surface area (Å²) in [6.07, 6.45) is -1.68. The van der Waals surface area contributed by atoms with Crippen LogP contribution in [0, 0.1) is 5.92 Å². The maximum Gasteiger partial charge on any atom is 0.393 e. The van der Waals surface area contributed by atoms with Crippen molar-refractivity contribution in [1.82, 2.24) is 4.90 Å². The van der Waals surface area contributed by atoms with Gasteiger partial charge in [-0.2, -0.15) is 13.2 Å². The number of nitrogens with zero attached hydrogens (tertiary/aromatic N) is 1. The standard InChI is InChI=1S/C12H18F3NO3S/c13-12(14,15)9-5-6-16(7-9)11(17)8-20(18,19)10-3-1-2-4-10/h9-10H,1-8H2/t9-/m0/s1. The summed E-state index contributed by atoms with van der Waals surface area (Å²) in [4.78, 5) is 12.9. The molecule has 1 saturated carbocycles. The van der Waals surface area contributed by atoms with Gasteiger partial charge < -0.3 is 4.90 Å². The molecular weight excluding hydrogens is 295 g/mol. The third kappa shape index (κ3) is 3.45. The summed E-state index contributed by atoms with van der Waals surface area (Å²) in [6.45, 7) is -0.425. The summed E-state index contributed by atoms with van der Waals surface area (Å²) in [5, 5.41) is -0.493. The third-order valence-electron chi connectivity index (χ3n) is 4.14. The molecule has 1 aliphatic carbocycles. The number of carbonyl (C=O) groups excluding carboxylic acids is 1. The zero-order valence-corrected chi connectivity index (χ0v) is 11.8. The van der Waals surface area contributed by atoms with Gasteiger partial charge in [0.05, 0.1) is 11.2 Å². The fourth-order valence-electron chi connectivity index (χ4n) is 2.88. The van der Waals surface area contributed by atoms with Crippen LogP contribution in [0.25, 0.3) is 0 Å². The Morgan fingerprint density at radius 3 is 2.25 bits per heavy atom. The lowest BCUT2D eigenvalue weighted by molar-refractivity contribution is -0.170. The first-order valence-electron chi connectivity index (χ1n) is 6.76. The summed E-state index contributed by atoms with van der Waals surface area (Å²) >= 11 is 0. The fourth-order valence-corrected chi connectivity index (χ4v) is 4.70. The van der Waals surface area contributed by atoms with Crippen LogP contribution in [-0.4, -0.2) is 49.5 Å². The Bertz CT molecular complexity index is 469. The van der Waals surface area contributed by atoms with Crippen molar-refractivity contribution < 1.29 is 26.4 Å². The van der Waals surface area contributed by atoms with Crippen molar-refractivity contribution in [2.45, 2.75) is 43.5 Å².